The number of amides is 1. The Morgan fingerprint density at radius 2 is 1.89 bits per heavy atom. The number of Topliss-reactive ketones (excluding diaryl/α,β-unsaturated/α-hetero) is 1. The standard InChI is InChI=1S/C7H14O.C6H12N2O.C2H6/c1-6(2)4-5-7(3)8;1-7-6(9)5-3-2-4-8-5;1-2/h6H,4-5H2,1-3H3;5,8H,2-4H2,1H3,(H,7,9);1-2H3/t;5-;/m.0./s1. The van der Waals surface area contributed by atoms with Crippen molar-refractivity contribution in [3.8, 4) is 0 Å². The van der Waals surface area contributed by atoms with E-state index in [1.807, 2.05) is 13.8 Å². The summed E-state index contributed by atoms with van der Waals surface area (Å²) in [6.45, 7) is 10.9. The molecule has 1 rings (SSSR count). The van der Waals surface area contributed by atoms with E-state index in [4.69, 9.17) is 0 Å². The first-order valence-electron chi connectivity index (χ1n) is 7.41. The van der Waals surface area contributed by atoms with Gasteiger partial charge in [-0.1, -0.05) is 27.7 Å². The highest BCUT2D eigenvalue weighted by molar-refractivity contribution is 5.81. The van der Waals surface area contributed by atoms with Gasteiger partial charge in [-0.3, -0.25) is 4.79 Å². The van der Waals surface area contributed by atoms with Crippen LogP contribution in [0.4, 0.5) is 0 Å². The van der Waals surface area contributed by atoms with E-state index in [1.165, 1.54) is 0 Å². The first kappa shape index (κ1) is 20.4. The van der Waals surface area contributed by atoms with E-state index in [9.17, 15) is 9.59 Å². The van der Waals surface area contributed by atoms with Crippen LogP contribution in [0.3, 0.4) is 0 Å². The number of carbonyl (C=O) groups is 2. The molecule has 1 aliphatic heterocycles. The van der Waals surface area contributed by atoms with Gasteiger partial charge in [0.2, 0.25) is 5.91 Å². The molecule has 19 heavy (non-hydrogen) atoms. The molecule has 0 aromatic carbocycles. The average Bonchev–Trinajstić information content (AvgIpc) is 2.92. The zero-order chi connectivity index (χ0) is 15.3. The molecule has 0 saturated carbocycles. The van der Waals surface area contributed by atoms with Crippen LogP contribution in [-0.4, -0.2) is 31.3 Å². The highest BCUT2D eigenvalue weighted by atomic mass is 16.2. The molecule has 0 aliphatic carbocycles. The summed E-state index contributed by atoms with van der Waals surface area (Å²) in [6.07, 6.45) is 3.89. The summed E-state index contributed by atoms with van der Waals surface area (Å²) in [4.78, 5) is 21.2. The molecule has 1 amide bonds. The predicted octanol–water partition coefficient (Wildman–Crippen LogP) is 2.52. The van der Waals surface area contributed by atoms with Gasteiger partial charge in [-0.15, -0.1) is 0 Å². The second kappa shape index (κ2) is 13.5. The Kier molecular flexibility index (Phi) is 14.5. The van der Waals surface area contributed by atoms with Crippen molar-refractivity contribution in [3.63, 3.8) is 0 Å². The highest BCUT2D eigenvalue weighted by Gasteiger charge is 2.19. The Morgan fingerprint density at radius 3 is 2.16 bits per heavy atom. The number of hydrogen-bond acceptors (Lipinski definition) is 3. The highest BCUT2D eigenvalue weighted by Crippen LogP contribution is 2.03. The Bertz CT molecular complexity index is 234. The number of carbonyl (C=O) groups excluding carboxylic acids is 2. The zero-order valence-corrected chi connectivity index (χ0v) is 13.5. The second-order valence-corrected chi connectivity index (χ2v) is 4.90. The fourth-order valence-corrected chi connectivity index (χ4v) is 1.57. The number of hydrogen-bond donors (Lipinski definition) is 2. The summed E-state index contributed by atoms with van der Waals surface area (Å²) in [5, 5.41) is 5.70. The smallest absolute Gasteiger partial charge is 0.236 e. The van der Waals surface area contributed by atoms with Gasteiger partial charge in [0.15, 0.2) is 0 Å². The van der Waals surface area contributed by atoms with Crippen LogP contribution >= 0.6 is 0 Å². The molecule has 1 fully saturated rings. The molecular weight excluding hydrogens is 240 g/mol. The first-order valence-corrected chi connectivity index (χ1v) is 7.41. The van der Waals surface area contributed by atoms with Crippen LogP contribution in [0.25, 0.3) is 0 Å². The maximum atomic E-state index is 10.8. The van der Waals surface area contributed by atoms with Crippen LogP contribution in [0.2, 0.25) is 0 Å². The molecule has 114 valence electrons. The van der Waals surface area contributed by atoms with Gasteiger partial charge in [0.05, 0.1) is 6.04 Å². The number of likely N-dealkylation sites (N-methyl/N-ethyl adjacent to an activating group) is 1. The van der Waals surface area contributed by atoms with Crippen molar-refractivity contribution in [2.75, 3.05) is 13.6 Å². The summed E-state index contributed by atoms with van der Waals surface area (Å²) in [6, 6.07) is 0.0787. The lowest BCUT2D eigenvalue weighted by molar-refractivity contribution is -0.122. The summed E-state index contributed by atoms with van der Waals surface area (Å²) < 4.78 is 0. The molecule has 1 heterocycles. The van der Waals surface area contributed by atoms with Crippen LogP contribution in [0.1, 0.15) is 60.3 Å². The average molecular weight is 272 g/mol. The van der Waals surface area contributed by atoms with Crippen LogP contribution in [0.5, 0.6) is 0 Å². The van der Waals surface area contributed by atoms with Crippen molar-refractivity contribution in [2.24, 2.45) is 5.92 Å². The van der Waals surface area contributed by atoms with Crippen molar-refractivity contribution in [1.82, 2.24) is 10.6 Å². The minimum Gasteiger partial charge on any atom is -0.358 e. The monoisotopic (exact) mass is 272 g/mol. The quantitative estimate of drug-likeness (QED) is 0.827. The first-order chi connectivity index (χ1) is 8.97. The fraction of sp³-hybridized carbons (Fsp3) is 0.867. The Balaban J connectivity index is 0. The molecule has 1 aliphatic rings. The lowest BCUT2D eigenvalue weighted by Gasteiger charge is -2.05. The van der Waals surface area contributed by atoms with Crippen LogP contribution in [0.15, 0.2) is 0 Å². The third-order valence-corrected chi connectivity index (χ3v) is 2.70. The van der Waals surface area contributed by atoms with Gasteiger partial charge in [-0.05, 0) is 38.6 Å². The number of ketones is 1. The van der Waals surface area contributed by atoms with E-state index in [-0.39, 0.29) is 11.9 Å². The number of nitrogens with one attached hydrogen (secondary N) is 2. The molecular formula is C15H32N2O2. The molecule has 1 atom stereocenters. The van der Waals surface area contributed by atoms with E-state index < -0.39 is 0 Å². The zero-order valence-electron chi connectivity index (χ0n) is 13.5. The van der Waals surface area contributed by atoms with Gasteiger partial charge in [0.1, 0.15) is 5.78 Å². The normalized spacial score (nSPS) is 16.9. The van der Waals surface area contributed by atoms with Crippen LogP contribution < -0.4 is 10.6 Å². The minimum atomic E-state index is 0.0787. The van der Waals surface area contributed by atoms with Crippen molar-refractivity contribution >= 4 is 11.7 Å². The molecule has 0 radical (unpaired) electrons. The number of rotatable bonds is 4. The van der Waals surface area contributed by atoms with Gasteiger partial charge in [0.25, 0.3) is 0 Å². The van der Waals surface area contributed by atoms with Crippen LogP contribution in [0, 0.1) is 5.92 Å². The predicted molar refractivity (Wildman–Crippen MR) is 81.2 cm³/mol. The van der Waals surface area contributed by atoms with Gasteiger partial charge in [-0.25, -0.2) is 0 Å². The molecule has 0 unspecified atom stereocenters. The largest absolute Gasteiger partial charge is 0.358 e. The van der Waals surface area contributed by atoms with Crippen molar-refractivity contribution in [3.05, 3.63) is 0 Å². The lowest BCUT2D eigenvalue weighted by Crippen LogP contribution is -2.38. The molecule has 0 aromatic rings. The van der Waals surface area contributed by atoms with Gasteiger partial charge in [0, 0.05) is 13.5 Å². The maximum Gasteiger partial charge on any atom is 0.236 e. The molecule has 0 bridgehead atoms. The summed E-state index contributed by atoms with van der Waals surface area (Å²) in [5.74, 6) is 1.09. The molecule has 0 aromatic heterocycles. The van der Waals surface area contributed by atoms with Crippen molar-refractivity contribution < 1.29 is 9.59 Å². The summed E-state index contributed by atoms with van der Waals surface area (Å²) >= 11 is 0. The Morgan fingerprint density at radius 1 is 1.32 bits per heavy atom. The topological polar surface area (TPSA) is 58.2 Å². The van der Waals surface area contributed by atoms with Gasteiger partial charge in [-0.2, -0.15) is 0 Å². The molecule has 4 nitrogen and oxygen atoms in total. The molecule has 0 spiro atoms. The fourth-order valence-electron chi connectivity index (χ4n) is 1.57. The lowest BCUT2D eigenvalue weighted by atomic mass is 10.1. The van der Waals surface area contributed by atoms with E-state index >= 15 is 0 Å². The molecule has 2 N–H and O–H groups in total. The molecule has 4 heteroatoms. The second-order valence-electron chi connectivity index (χ2n) is 4.90. The molecule has 1 saturated heterocycles. The van der Waals surface area contributed by atoms with Gasteiger partial charge >= 0.3 is 0 Å². The minimum absolute atomic E-state index is 0.0787. The summed E-state index contributed by atoms with van der Waals surface area (Å²) in [7, 11) is 1.67. The van der Waals surface area contributed by atoms with Crippen LogP contribution in [-0.2, 0) is 9.59 Å². The summed E-state index contributed by atoms with van der Waals surface area (Å²) in [5.41, 5.74) is 0. The van der Waals surface area contributed by atoms with E-state index in [0.717, 1.165) is 32.2 Å². The maximum absolute atomic E-state index is 10.8. The van der Waals surface area contributed by atoms with Crippen molar-refractivity contribution in [1.29, 1.82) is 0 Å². The Hall–Kier alpha value is -0.900. The van der Waals surface area contributed by atoms with E-state index in [0.29, 0.717) is 11.7 Å². The van der Waals surface area contributed by atoms with Gasteiger partial charge < -0.3 is 15.4 Å². The third kappa shape index (κ3) is 13.3. The van der Waals surface area contributed by atoms with E-state index in [2.05, 4.69) is 24.5 Å². The third-order valence-electron chi connectivity index (χ3n) is 2.70. The van der Waals surface area contributed by atoms with E-state index in [1.54, 1.807) is 14.0 Å². The Labute approximate surface area is 118 Å². The SMILES string of the molecule is CC.CC(=O)CCC(C)C.CNC(=O)[C@@H]1CCCN1. The van der Waals surface area contributed by atoms with Crippen molar-refractivity contribution in [2.45, 2.75) is 66.3 Å².